The van der Waals surface area contributed by atoms with Crippen molar-refractivity contribution in [1.29, 1.82) is 10.5 Å². The van der Waals surface area contributed by atoms with Crippen molar-refractivity contribution in [2.24, 2.45) is 0 Å². The number of halogens is 3. The van der Waals surface area contributed by atoms with Crippen molar-refractivity contribution in [3.63, 3.8) is 0 Å². The molecular weight excluding hydrogens is 874 g/mol. The predicted molar refractivity (Wildman–Crippen MR) is 272 cm³/mol. The van der Waals surface area contributed by atoms with Gasteiger partial charge in [-0.3, -0.25) is 0 Å². The van der Waals surface area contributed by atoms with Crippen molar-refractivity contribution in [1.82, 2.24) is 19.1 Å². The van der Waals surface area contributed by atoms with Gasteiger partial charge in [0.15, 0.2) is 5.82 Å². The second-order valence-electron chi connectivity index (χ2n) is 17.1. The van der Waals surface area contributed by atoms with Gasteiger partial charge in [-0.2, -0.15) is 23.7 Å². The van der Waals surface area contributed by atoms with Crippen LogP contribution in [0.1, 0.15) is 16.7 Å². The standard InChI is InChI=1S/C61H35F3N6/c62-61(63,64)45-25-26-47(44(31-45)37-66)51-29-38(36-65)23-27-58(51)70-57-22-12-9-19-50(57)52-34-41(24-28-59(52)70)42-30-43(33-46(32-42)69-55-20-10-7-17-48(55)49-18-8-11-21-56(49)69)60-67-53(39-13-3-1-4-14-39)35-54(68-60)40-15-5-2-6-16-40/h1-35H. The number of benzene rings is 9. The quantitative estimate of drug-likeness (QED) is 0.159. The van der Waals surface area contributed by atoms with Gasteiger partial charge in [0.05, 0.1) is 68.0 Å². The van der Waals surface area contributed by atoms with E-state index in [2.05, 4.69) is 124 Å². The van der Waals surface area contributed by atoms with Crippen LogP contribution in [0.4, 0.5) is 13.2 Å². The molecule has 0 atom stereocenters. The summed E-state index contributed by atoms with van der Waals surface area (Å²) in [6.45, 7) is 0. The lowest BCUT2D eigenvalue weighted by Crippen LogP contribution is -2.06. The van der Waals surface area contributed by atoms with Crippen LogP contribution in [-0.4, -0.2) is 19.1 Å². The molecule has 0 aliphatic carbocycles. The lowest BCUT2D eigenvalue weighted by Gasteiger charge is -2.17. The first-order valence-electron chi connectivity index (χ1n) is 22.6. The second kappa shape index (κ2) is 16.6. The average Bonchev–Trinajstić information content (AvgIpc) is 3.93. The molecule has 9 aromatic carbocycles. The molecule has 9 heteroatoms. The van der Waals surface area contributed by atoms with Gasteiger partial charge in [-0.15, -0.1) is 0 Å². The summed E-state index contributed by atoms with van der Waals surface area (Å²) in [6, 6.07) is 72.3. The van der Waals surface area contributed by atoms with Crippen LogP contribution in [0.15, 0.2) is 212 Å². The van der Waals surface area contributed by atoms with E-state index in [0.29, 0.717) is 22.6 Å². The molecule has 0 bridgehead atoms. The molecule has 0 aliphatic rings. The van der Waals surface area contributed by atoms with Crippen molar-refractivity contribution in [2.75, 3.05) is 0 Å². The van der Waals surface area contributed by atoms with E-state index in [1.807, 2.05) is 72.8 Å². The third-order valence-corrected chi connectivity index (χ3v) is 13.0. The predicted octanol–water partition coefficient (Wildman–Crippen LogP) is 15.8. The molecule has 0 fully saturated rings. The Hall–Kier alpha value is -9.57. The van der Waals surface area contributed by atoms with Gasteiger partial charge in [0.2, 0.25) is 0 Å². The Bertz CT molecular complexity index is 4030. The first-order chi connectivity index (χ1) is 34.2. The number of fused-ring (bicyclic) bond motifs is 6. The highest BCUT2D eigenvalue weighted by Crippen LogP contribution is 2.42. The molecule has 0 aliphatic heterocycles. The maximum Gasteiger partial charge on any atom is 0.416 e. The van der Waals surface area contributed by atoms with E-state index < -0.39 is 11.7 Å². The fourth-order valence-electron chi connectivity index (χ4n) is 9.80. The third-order valence-electron chi connectivity index (χ3n) is 13.0. The summed E-state index contributed by atoms with van der Waals surface area (Å²) in [7, 11) is 0. The molecule has 3 aromatic heterocycles. The minimum Gasteiger partial charge on any atom is -0.309 e. The maximum absolute atomic E-state index is 13.9. The minimum atomic E-state index is -4.64. The molecule has 0 saturated carbocycles. The smallest absolute Gasteiger partial charge is 0.309 e. The fraction of sp³-hybridized carbons (Fsp3) is 0.0164. The highest BCUT2D eigenvalue weighted by molar-refractivity contribution is 6.12. The highest BCUT2D eigenvalue weighted by Gasteiger charge is 2.31. The van der Waals surface area contributed by atoms with Crippen molar-refractivity contribution >= 4 is 43.6 Å². The molecule has 0 radical (unpaired) electrons. The fourth-order valence-corrected chi connectivity index (χ4v) is 9.80. The first-order valence-corrected chi connectivity index (χ1v) is 22.6. The molecule has 3 heterocycles. The first kappa shape index (κ1) is 41.8. The molecular formula is C61H35F3N6. The van der Waals surface area contributed by atoms with Crippen LogP contribution in [0, 0.1) is 22.7 Å². The topological polar surface area (TPSA) is 83.2 Å². The van der Waals surface area contributed by atoms with Gasteiger partial charge in [0.25, 0.3) is 0 Å². The molecule has 0 unspecified atom stereocenters. The number of nitrogens with zero attached hydrogens (tertiary/aromatic N) is 6. The largest absolute Gasteiger partial charge is 0.416 e. The van der Waals surface area contributed by atoms with Crippen molar-refractivity contribution in [3.8, 4) is 79.7 Å². The highest BCUT2D eigenvalue weighted by atomic mass is 19.4. The Morgan fingerprint density at radius 1 is 0.400 bits per heavy atom. The molecule has 12 rings (SSSR count). The van der Waals surface area contributed by atoms with Crippen molar-refractivity contribution in [2.45, 2.75) is 6.18 Å². The van der Waals surface area contributed by atoms with Crippen LogP contribution in [0.3, 0.4) is 0 Å². The Morgan fingerprint density at radius 3 is 1.56 bits per heavy atom. The van der Waals surface area contributed by atoms with E-state index in [9.17, 15) is 23.7 Å². The van der Waals surface area contributed by atoms with Gasteiger partial charge in [-0.1, -0.05) is 127 Å². The second-order valence-corrected chi connectivity index (χ2v) is 17.1. The van der Waals surface area contributed by atoms with Gasteiger partial charge < -0.3 is 9.13 Å². The number of hydrogen-bond acceptors (Lipinski definition) is 4. The van der Waals surface area contributed by atoms with E-state index in [4.69, 9.17) is 9.97 Å². The molecule has 0 amide bonds. The zero-order valence-electron chi connectivity index (χ0n) is 37.0. The summed E-state index contributed by atoms with van der Waals surface area (Å²) in [5.74, 6) is 0.565. The Morgan fingerprint density at radius 2 is 0.957 bits per heavy atom. The number of aromatic nitrogens is 4. The lowest BCUT2D eigenvalue weighted by atomic mass is 9.95. The molecule has 6 nitrogen and oxygen atoms in total. The molecule has 0 N–H and O–H groups in total. The van der Waals surface area contributed by atoms with Gasteiger partial charge >= 0.3 is 6.18 Å². The number of nitriles is 2. The van der Waals surface area contributed by atoms with Crippen LogP contribution >= 0.6 is 0 Å². The van der Waals surface area contributed by atoms with E-state index in [0.717, 1.165) is 101 Å². The molecule has 0 saturated heterocycles. The zero-order chi connectivity index (χ0) is 47.5. The monoisotopic (exact) mass is 908 g/mol. The third kappa shape index (κ3) is 7.13. The van der Waals surface area contributed by atoms with Gasteiger partial charge in [0.1, 0.15) is 0 Å². The zero-order valence-corrected chi connectivity index (χ0v) is 37.0. The molecule has 12 aromatic rings. The Balaban J connectivity index is 1.10. The van der Waals surface area contributed by atoms with Gasteiger partial charge in [0, 0.05) is 55.0 Å². The van der Waals surface area contributed by atoms with E-state index in [1.54, 1.807) is 18.2 Å². The molecule has 70 heavy (non-hydrogen) atoms. The van der Waals surface area contributed by atoms with Crippen LogP contribution in [0.5, 0.6) is 0 Å². The minimum absolute atomic E-state index is 0.151. The Kier molecular flexibility index (Phi) is 9.94. The summed E-state index contributed by atoms with van der Waals surface area (Å²) in [4.78, 5) is 10.5. The van der Waals surface area contributed by atoms with E-state index >= 15 is 0 Å². The summed E-state index contributed by atoms with van der Waals surface area (Å²) in [5, 5.41) is 24.4. The number of hydrogen-bond donors (Lipinski definition) is 0. The summed E-state index contributed by atoms with van der Waals surface area (Å²) in [5.41, 5.74) is 11.5. The van der Waals surface area contributed by atoms with Crippen LogP contribution in [0.25, 0.3) is 111 Å². The average molecular weight is 909 g/mol. The van der Waals surface area contributed by atoms with Crippen molar-refractivity contribution in [3.05, 3.63) is 229 Å². The lowest BCUT2D eigenvalue weighted by molar-refractivity contribution is -0.137. The molecule has 330 valence electrons. The van der Waals surface area contributed by atoms with Gasteiger partial charge in [-0.25, -0.2) is 9.97 Å². The van der Waals surface area contributed by atoms with E-state index in [-0.39, 0.29) is 11.1 Å². The number of para-hydroxylation sites is 3. The normalized spacial score (nSPS) is 11.6. The number of alkyl halides is 3. The van der Waals surface area contributed by atoms with Crippen LogP contribution < -0.4 is 0 Å². The van der Waals surface area contributed by atoms with E-state index in [1.165, 1.54) is 6.07 Å². The molecule has 0 spiro atoms. The van der Waals surface area contributed by atoms with Crippen molar-refractivity contribution < 1.29 is 13.2 Å². The summed E-state index contributed by atoms with van der Waals surface area (Å²) >= 11 is 0. The van der Waals surface area contributed by atoms with Crippen LogP contribution in [-0.2, 0) is 6.18 Å². The van der Waals surface area contributed by atoms with Gasteiger partial charge in [-0.05, 0) is 96.1 Å². The summed E-state index contributed by atoms with van der Waals surface area (Å²) in [6.07, 6.45) is -4.64. The maximum atomic E-state index is 13.9. The Labute approximate surface area is 399 Å². The summed E-state index contributed by atoms with van der Waals surface area (Å²) < 4.78 is 46.0. The number of rotatable bonds is 7. The van der Waals surface area contributed by atoms with Crippen LogP contribution in [0.2, 0.25) is 0 Å². The SMILES string of the molecule is N#Cc1ccc(-n2c3ccccc3c3cc(-c4cc(-c5nc(-c6ccccc6)cc(-c6ccccc6)n5)cc(-n5c6ccccc6c6ccccc65)c4)ccc32)c(-c2ccc(C(F)(F)F)cc2C#N)c1.